The Morgan fingerprint density at radius 2 is 1.80 bits per heavy atom. The second-order valence-corrected chi connectivity index (χ2v) is 7.06. The largest absolute Gasteiger partial charge is 0.497 e. The molecule has 2 rings (SSSR count). The maximum Gasteiger partial charge on any atom is 0.119 e. The predicted octanol–water partition coefficient (Wildman–Crippen LogP) is 5.23. The van der Waals surface area contributed by atoms with Crippen LogP contribution in [-0.2, 0) is 6.42 Å². The van der Waals surface area contributed by atoms with E-state index in [1.54, 1.807) is 7.11 Å². The Morgan fingerprint density at radius 3 is 2.45 bits per heavy atom. The number of ether oxygens (including phenoxy) is 1. The van der Waals surface area contributed by atoms with Crippen molar-refractivity contribution in [3.8, 4) is 5.75 Å². The maximum absolute atomic E-state index is 6.33. The van der Waals surface area contributed by atoms with Gasteiger partial charge < -0.3 is 10.5 Å². The smallest absolute Gasteiger partial charge is 0.119 e. The molecule has 0 spiro atoms. The van der Waals surface area contributed by atoms with Gasteiger partial charge in [-0.05, 0) is 47.9 Å². The van der Waals surface area contributed by atoms with Gasteiger partial charge in [0.1, 0.15) is 5.75 Å². The van der Waals surface area contributed by atoms with Crippen molar-refractivity contribution in [1.82, 2.24) is 0 Å². The molecule has 20 heavy (non-hydrogen) atoms. The SMILES string of the molecule is COc1ccc(Br)c(CC(N)c2ccc(Br)cc2Br)c1. The zero-order chi connectivity index (χ0) is 14.7. The van der Waals surface area contributed by atoms with Crippen LogP contribution in [0.1, 0.15) is 17.2 Å². The zero-order valence-corrected chi connectivity index (χ0v) is 15.6. The number of hydrogen-bond acceptors (Lipinski definition) is 2. The van der Waals surface area contributed by atoms with Gasteiger partial charge in [0.15, 0.2) is 0 Å². The average molecular weight is 464 g/mol. The lowest BCUT2D eigenvalue weighted by atomic mass is 9.99. The maximum atomic E-state index is 6.33. The molecule has 1 unspecified atom stereocenters. The highest BCUT2D eigenvalue weighted by molar-refractivity contribution is 9.11. The number of methoxy groups -OCH3 is 1. The Balaban J connectivity index is 2.25. The zero-order valence-electron chi connectivity index (χ0n) is 10.9. The first kappa shape index (κ1) is 16.0. The van der Waals surface area contributed by atoms with Gasteiger partial charge in [-0.1, -0.05) is 53.9 Å². The lowest BCUT2D eigenvalue weighted by Crippen LogP contribution is -2.14. The highest BCUT2D eigenvalue weighted by Crippen LogP contribution is 2.30. The summed E-state index contributed by atoms with van der Waals surface area (Å²) in [7, 11) is 1.66. The van der Waals surface area contributed by atoms with Crippen LogP contribution in [0.5, 0.6) is 5.75 Å². The normalized spacial score (nSPS) is 12.2. The van der Waals surface area contributed by atoms with Crippen LogP contribution in [0.15, 0.2) is 49.8 Å². The molecule has 106 valence electrons. The molecule has 0 aromatic heterocycles. The van der Waals surface area contributed by atoms with Gasteiger partial charge in [0.2, 0.25) is 0 Å². The fraction of sp³-hybridized carbons (Fsp3) is 0.200. The van der Waals surface area contributed by atoms with E-state index in [1.165, 1.54) is 0 Å². The van der Waals surface area contributed by atoms with Crippen molar-refractivity contribution in [2.24, 2.45) is 5.73 Å². The van der Waals surface area contributed by atoms with E-state index in [1.807, 2.05) is 36.4 Å². The van der Waals surface area contributed by atoms with Gasteiger partial charge in [0.05, 0.1) is 7.11 Å². The van der Waals surface area contributed by atoms with Crippen molar-refractivity contribution in [1.29, 1.82) is 0 Å². The second kappa shape index (κ2) is 7.07. The number of rotatable bonds is 4. The third-order valence-electron chi connectivity index (χ3n) is 3.05. The second-order valence-electron chi connectivity index (χ2n) is 4.43. The minimum atomic E-state index is -0.0825. The van der Waals surface area contributed by atoms with Crippen LogP contribution in [0.2, 0.25) is 0 Å². The highest BCUT2D eigenvalue weighted by Gasteiger charge is 2.13. The Hall–Kier alpha value is -0.360. The van der Waals surface area contributed by atoms with Gasteiger partial charge in [-0.3, -0.25) is 0 Å². The van der Waals surface area contributed by atoms with E-state index >= 15 is 0 Å². The Bertz CT molecular complexity index is 616. The summed E-state index contributed by atoms with van der Waals surface area (Å²) in [6, 6.07) is 11.9. The number of nitrogens with two attached hydrogens (primary N) is 1. The quantitative estimate of drug-likeness (QED) is 0.674. The molecule has 2 aromatic carbocycles. The van der Waals surface area contributed by atoms with E-state index in [0.717, 1.165) is 36.7 Å². The molecule has 5 heteroatoms. The molecule has 0 saturated carbocycles. The Kier molecular flexibility index (Phi) is 5.66. The summed E-state index contributed by atoms with van der Waals surface area (Å²) in [5, 5.41) is 0. The molecule has 0 amide bonds. The third kappa shape index (κ3) is 3.85. The van der Waals surface area contributed by atoms with Crippen LogP contribution in [0, 0.1) is 0 Å². The molecule has 0 aliphatic heterocycles. The number of hydrogen-bond donors (Lipinski definition) is 1. The van der Waals surface area contributed by atoms with Crippen LogP contribution < -0.4 is 10.5 Å². The molecule has 0 heterocycles. The van der Waals surface area contributed by atoms with Crippen molar-refractivity contribution < 1.29 is 4.74 Å². The standard InChI is InChI=1S/C15H14Br3NO/c1-20-11-3-5-13(17)9(6-11)7-15(19)12-4-2-10(16)8-14(12)18/h2-6,8,15H,7,19H2,1H3. The van der Waals surface area contributed by atoms with Crippen molar-refractivity contribution >= 4 is 47.8 Å². The average Bonchev–Trinajstić information content (AvgIpc) is 2.41. The summed E-state index contributed by atoms with van der Waals surface area (Å²) in [6.07, 6.45) is 0.734. The molecule has 0 bridgehead atoms. The molecule has 2 aromatic rings. The molecular formula is C15H14Br3NO. The van der Waals surface area contributed by atoms with E-state index in [-0.39, 0.29) is 6.04 Å². The molecule has 2 N–H and O–H groups in total. The van der Waals surface area contributed by atoms with Gasteiger partial charge in [-0.2, -0.15) is 0 Å². The van der Waals surface area contributed by atoms with Gasteiger partial charge >= 0.3 is 0 Å². The molecule has 0 aliphatic carbocycles. The molecule has 0 radical (unpaired) electrons. The van der Waals surface area contributed by atoms with Crippen LogP contribution in [0.25, 0.3) is 0 Å². The first-order valence-corrected chi connectivity index (χ1v) is 8.42. The predicted molar refractivity (Wildman–Crippen MR) is 93.2 cm³/mol. The highest BCUT2D eigenvalue weighted by atomic mass is 79.9. The summed E-state index contributed by atoms with van der Waals surface area (Å²) >= 11 is 10.6. The Morgan fingerprint density at radius 1 is 1.05 bits per heavy atom. The monoisotopic (exact) mass is 461 g/mol. The first-order chi connectivity index (χ1) is 9.51. The lowest BCUT2D eigenvalue weighted by molar-refractivity contribution is 0.414. The molecule has 0 fully saturated rings. The van der Waals surface area contributed by atoms with Crippen molar-refractivity contribution in [2.75, 3.05) is 7.11 Å². The molecular weight excluding hydrogens is 450 g/mol. The fourth-order valence-electron chi connectivity index (χ4n) is 1.98. The molecule has 0 saturated heterocycles. The van der Waals surface area contributed by atoms with E-state index in [9.17, 15) is 0 Å². The van der Waals surface area contributed by atoms with Crippen LogP contribution in [0.3, 0.4) is 0 Å². The summed E-state index contributed by atoms with van der Waals surface area (Å²) in [4.78, 5) is 0. The summed E-state index contributed by atoms with van der Waals surface area (Å²) in [6.45, 7) is 0. The van der Waals surface area contributed by atoms with Crippen molar-refractivity contribution in [3.05, 3.63) is 60.9 Å². The molecule has 1 atom stereocenters. The molecule has 2 nitrogen and oxygen atoms in total. The number of halogens is 3. The van der Waals surface area contributed by atoms with Crippen LogP contribution in [-0.4, -0.2) is 7.11 Å². The van der Waals surface area contributed by atoms with Gasteiger partial charge in [0.25, 0.3) is 0 Å². The minimum Gasteiger partial charge on any atom is -0.497 e. The number of benzene rings is 2. The minimum absolute atomic E-state index is 0.0825. The van der Waals surface area contributed by atoms with Crippen molar-refractivity contribution in [2.45, 2.75) is 12.5 Å². The van der Waals surface area contributed by atoms with E-state index in [2.05, 4.69) is 47.8 Å². The van der Waals surface area contributed by atoms with Crippen LogP contribution in [0.4, 0.5) is 0 Å². The Labute approximate surface area is 144 Å². The van der Waals surface area contributed by atoms with Gasteiger partial charge in [0, 0.05) is 19.5 Å². The fourth-order valence-corrected chi connectivity index (χ4v) is 3.73. The topological polar surface area (TPSA) is 35.2 Å². The summed E-state index contributed by atoms with van der Waals surface area (Å²) < 4.78 is 8.35. The van der Waals surface area contributed by atoms with E-state index in [0.29, 0.717) is 0 Å². The van der Waals surface area contributed by atoms with Gasteiger partial charge in [-0.25, -0.2) is 0 Å². The third-order valence-corrected chi connectivity index (χ3v) is 5.01. The van der Waals surface area contributed by atoms with E-state index in [4.69, 9.17) is 10.5 Å². The summed E-state index contributed by atoms with van der Waals surface area (Å²) in [5.41, 5.74) is 8.55. The van der Waals surface area contributed by atoms with E-state index < -0.39 is 0 Å². The van der Waals surface area contributed by atoms with Crippen molar-refractivity contribution in [3.63, 3.8) is 0 Å². The van der Waals surface area contributed by atoms with Gasteiger partial charge in [-0.15, -0.1) is 0 Å². The van der Waals surface area contributed by atoms with Crippen LogP contribution >= 0.6 is 47.8 Å². The summed E-state index contributed by atoms with van der Waals surface area (Å²) in [5.74, 6) is 0.838. The first-order valence-electron chi connectivity index (χ1n) is 6.04. The molecule has 0 aliphatic rings. The lowest BCUT2D eigenvalue weighted by Gasteiger charge is -2.16.